The molecule has 0 aliphatic rings. The van der Waals surface area contributed by atoms with Crippen LogP contribution in [0.15, 0.2) is 17.0 Å². The van der Waals surface area contributed by atoms with E-state index < -0.39 is 15.8 Å². The number of rotatable bonds is 6. The van der Waals surface area contributed by atoms with Crippen LogP contribution in [-0.2, 0) is 16.6 Å². The van der Waals surface area contributed by atoms with Crippen molar-refractivity contribution in [3.8, 4) is 0 Å². The van der Waals surface area contributed by atoms with E-state index in [9.17, 15) is 12.8 Å². The van der Waals surface area contributed by atoms with Gasteiger partial charge < -0.3 is 5.73 Å². The van der Waals surface area contributed by atoms with Gasteiger partial charge in [0.15, 0.2) is 0 Å². The first-order chi connectivity index (χ1) is 8.85. The predicted octanol–water partition coefficient (Wildman–Crippen LogP) is 2.06. The number of halogens is 1. The molecule has 0 radical (unpaired) electrons. The van der Waals surface area contributed by atoms with Crippen molar-refractivity contribution in [2.45, 2.75) is 51.1 Å². The van der Waals surface area contributed by atoms with Crippen molar-refractivity contribution < 1.29 is 12.8 Å². The highest BCUT2D eigenvalue weighted by Gasteiger charge is 2.20. The predicted molar refractivity (Wildman–Crippen MR) is 73.7 cm³/mol. The average Bonchev–Trinajstić information content (AvgIpc) is 2.38. The third kappa shape index (κ3) is 3.75. The van der Waals surface area contributed by atoms with Crippen LogP contribution in [0.2, 0.25) is 0 Å². The lowest BCUT2D eigenvalue weighted by atomic mass is 10.1. The van der Waals surface area contributed by atoms with E-state index in [-0.39, 0.29) is 28.6 Å². The second kappa shape index (κ2) is 6.45. The van der Waals surface area contributed by atoms with Crippen LogP contribution in [0, 0.1) is 12.7 Å². The van der Waals surface area contributed by atoms with E-state index in [2.05, 4.69) is 4.72 Å². The molecule has 0 amide bonds. The van der Waals surface area contributed by atoms with Crippen LogP contribution < -0.4 is 10.5 Å². The van der Waals surface area contributed by atoms with Gasteiger partial charge in [0.25, 0.3) is 0 Å². The van der Waals surface area contributed by atoms with Crippen LogP contribution in [0.1, 0.15) is 37.8 Å². The van der Waals surface area contributed by atoms with Gasteiger partial charge in [0.2, 0.25) is 10.0 Å². The van der Waals surface area contributed by atoms with Crippen LogP contribution >= 0.6 is 0 Å². The highest BCUT2D eigenvalue weighted by Crippen LogP contribution is 2.19. The molecule has 0 unspecified atom stereocenters. The number of sulfonamides is 1. The molecule has 0 saturated heterocycles. The molecule has 1 rings (SSSR count). The van der Waals surface area contributed by atoms with Gasteiger partial charge in [-0.2, -0.15) is 0 Å². The molecule has 0 saturated carbocycles. The van der Waals surface area contributed by atoms with Crippen LogP contribution in [0.3, 0.4) is 0 Å². The van der Waals surface area contributed by atoms with E-state index in [4.69, 9.17) is 5.73 Å². The van der Waals surface area contributed by atoms with Crippen molar-refractivity contribution in [3.05, 3.63) is 29.1 Å². The van der Waals surface area contributed by atoms with Crippen molar-refractivity contribution in [2.75, 3.05) is 0 Å². The third-order valence-corrected chi connectivity index (χ3v) is 4.64. The number of nitrogens with one attached hydrogen (secondary N) is 1. The molecule has 0 aromatic heterocycles. The first-order valence-electron chi connectivity index (χ1n) is 6.37. The summed E-state index contributed by atoms with van der Waals surface area (Å²) in [6.07, 6.45) is 1.42. The second-order valence-electron chi connectivity index (χ2n) is 4.55. The van der Waals surface area contributed by atoms with Gasteiger partial charge in [0.05, 0.1) is 4.90 Å². The minimum atomic E-state index is -3.63. The molecule has 0 bridgehead atoms. The first kappa shape index (κ1) is 16.1. The van der Waals surface area contributed by atoms with E-state index in [1.54, 1.807) is 0 Å². The number of hydrogen-bond donors (Lipinski definition) is 2. The number of nitrogens with two attached hydrogens (primary N) is 1. The van der Waals surface area contributed by atoms with Crippen molar-refractivity contribution in [1.29, 1.82) is 0 Å². The maximum Gasteiger partial charge on any atom is 0.240 e. The number of hydrogen-bond acceptors (Lipinski definition) is 3. The smallest absolute Gasteiger partial charge is 0.240 e. The summed E-state index contributed by atoms with van der Waals surface area (Å²) in [5.41, 5.74) is 5.93. The molecule has 3 N–H and O–H groups in total. The molecule has 0 heterocycles. The minimum absolute atomic E-state index is 0.0268. The fourth-order valence-electron chi connectivity index (χ4n) is 1.85. The molecular formula is C13H21FN2O2S. The molecule has 0 aliphatic heterocycles. The zero-order valence-corrected chi connectivity index (χ0v) is 12.3. The molecule has 0 atom stereocenters. The molecule has 0 aliphatic carbocycles. The Hall–Kier alpha value is -0.980. The van der Waals surface area contributed by atoms with Gasteiger partial charge in [-0.15, -0.1) is 0 Å². The summed E-state index contributed by atoms with van der Waals surface area (Å²) in [6.45, 7) is 5.33. The van der Waals surface area contributed by atoms with Crippen molar-refractivity contribution in [2.24, 2.45) is 5.73 Å². The quantitative estimate of drug-likeness (QED) is 0.841. The van der Waals surface area contributed by atoms with Gasteiger partial charge in [-0.05, 0) is 37.5 Å². The largest absolute Gasteiger partial charge is 0.326 e. The maximum atomic E-state index is 13.7. The van der Waals surface area contributed by atoms with E-state index in [1.807, 2.05) is 13.8 Å². The molecule has 0 spiro atoms. The van der Waals surface area contributed by atoms with Crippen LogP contribution in [-0.4, -0.2) is 14.5 Å². The van der Waals surface area contributed by atoms with Crippen molar-refractivity contribution in [1.82, 2.24) is 4.72 Å². The van der Waals surface area contributed by atoms with Crippen LogP contribution in [0.5, 0.6) is 0 Å². The Balaban J connectivity index is 3.18. The fraction of sp³-hybridized carbons (Fsp3) is 0.538. The Morgan fingerprint density at radius 3 is 2.37 bits per heavy atom. The lowest BCUT2D eigenvalue weighted by Gasteiger charge is -2.16. The van der Waals surface area contributed by atoms with E-state index in [1.165, 1.54) is 19.1 Å². The molecule has 1 aromatic rings. The lowest BCUT2D eigenvalue weighted by Crippen LogP contribution is -2.34. The third-order valence-electron chi connectivity index (χ3n) is 3.14. The first-order valence-corrected chi connectivity index (χ1v) is 7.85. The van der Waals surface area contributed by atoms with Gasteiger partial charge in [-0.1, -0.05) is 13.8 Å². The Labute approximate surface area is 114 Å². The zero-order valence-electron chi connectivity index (χ0n) is 11.5. The summed E-state index contributed by atoms with van der Waals surface area (Å²) in [6, 6.07) is 2.52. The van der Waals surface area contributed by atoms with E-state index in [0.717, 1.165) is 0 Å². The van der Waals surface area contributed by atoms with Crippen molar-refractivity contribution >= 4 is 10.0 Å². The van der Waals surface area contributed by atoms with Crippen LogP contribution in [0.4, 0.5) is 4.39 Å². The van der Waals surface area contributed by atoms with E-state index >= 15 is 0 Å². The Kier molecular flexibility index (Phi) is 5.46. The van der Waals surface area contributed by atoms with Gasteiger partial charge >= 0.3 is 0 Å². The maximum absolute atomic E-state index is 13.7. The van der Waals surface area contributed by atoms with Crippen molar-refractivity contribution in [3.63, 3.8) is 0 Å². The molecule has 6 heteroatoms. The number of benzene rings is 1. The fourth-order valence-corrected chi connectivity index (χ4v) is 3.39. The summed E-state index contributed by atoms with van der Waals surface area (Å²) in [5, 5.41) is 0. The standard InChI is InChI=1S/C13H21FN2O2S/c1-4-11(5-2)16-19(17,18)12-6-9(3)13(14)10(7-12)8-15/h6-7,11,16H,4-5,8,15H2,1-3H3. The average molecular weight is 288 g/mol. The molecule has 4 nitrogen and oxygen atoms in total. The second-order valence-corrected chi connectivity index (χ2v) is 6.27. The van der Waals surface area contributed by atoms with Crippen LogP contribution in [0.25, 0.3) is 0 Å². The molecule has 19 heavy (non-hydrogen) atoms. The molecule has 108 valence electrons. The minimum Gasteiger partial charge on any atom is -0.326 e. The highest BCUT2D eigenvalue weighted by molar-refractivity contribution is 7.89. The topological polar surface area (TPSA) is 72.2 Å². The monoisotopic (exact) mass is 288 g/mol. The van der Waals surface area contributed by atoms with Gasteiger partial charge in [-0.25, -0.2) is 17.5 Å². The van der Waals surface area contributed by atoms with Gasteiger partial charge in [0.1, 0.15) is 5.82 Å². The molecule has 1 aromatic carbocycles. The Morgan fingerprint density at radius 1 is 1.32 bits per heavy atom. The molecule has 0 fully saturated rings. The summed E-state index contributed by atoms with van der Waals surface area (Å²) in [5.74, 6) is -0.441. The summed E-state index contributed by atoms with van der Waals surface area (Å²) < 4.78 is 40.7. The Bertz CT molecular complexity index is 540. The normalized spacial score (nSPS) is 12.1. The van der Waals surface area contributed by atoms with Gasteiger partial charge in [0, 0.05) is 18.2 Å². The lowest BCUT2D eigenvalue weighted by molar-refractivity contribution is 0.529. The summed E-state index contributed by atoms with van der Waals surface area (Å²) >= 11 is 0. The highest BCUT2D eigenvalue weighted by atomic mass is 32.2. The number of aryl methyl sites for hydroxylation is 1. The molecular weight excluding hydrogens is 267 g/mol. The summed E-state index contributed by atoms with van der Waals surface area (Å²) in [4.78, 5) is 0.0683. The summed E-state index contributed by atoms with van der Waals surface area (Å²) in [7, 11) is -3.63. The Morgan fingerprint density at radius 2 is 1.89 bits per heavy atom. The van der Waals surface area contributed by atoms with Gasteiger partial charge in [-0.3, -0.25) is 0 Å². The zero-order chi connectivity index (χ0) is 14.6. The SMILES string of the molecule is CCC(CC)NS(=O)(=O)c1cc(C)c(F)c(CN)c1. The van der Waals surface area contributed by atoms with E-state index in [0.29, 0.717) is 12.8 Å².